The van der Waals surface area contributed by atoms with Gasteiger partial charge in [-0.2, -0.15) is 18.3 Å². The first-order valence-corrected chi connectivity index (χ1v) is 6.51. The normalized spacial score (nSPS) is 12.0. The number of pyridine rings is 1. The van der Waals surface area contributed by atoms with Crippen molar-refractivity contribution in [2.75, 3.05) is 0 Å². The second-order valence-electron chi connectivity index (χ2n) is 4.23. The lowest BCUT2D eigenvalue weighted by Gasteiger charge is -2.09. The van der Waals surface area contributed by atoms with Crippen molar-refractivity contribution in [2.45, 2.75) is 6.18 Å². The van der Waals surface area contributed by atoms with Crippen LogP contribution in [0.5, 0.6) is 0 Å². The Kier molecular flexibility index (Phi) is 4.71. The van der Waals surface area contributed by atoms with Gasteiger partial charge in [-0.1, -0.05) is 18.2 Å². The summed E-state index contributed by atoms with van der Waals surface area (Å²) in [6.07, 6.45) is -2.84. The van der Waals surface area contributed by atoms with Gasteiger partial charge >= 0.3 is 6.18 Å². The molecule has 0 spiro atoms. The number of nitrogens with two attached hydrogens (primary N) is 1. The van der Waals surface area contributed by atoms with Gasteiger partial charge < -0.3 is 5.73 Å². The minimum Gasteiger partial charge on any atom is -0.375 e. The van der Waals surface area contributed by atoms with Gasteiger partial charge in [0.2, 0.25) is 0 Å². The molecule has 1 aromatic heterocycles. The Labute approximate surface area is 129 Å². The number of benzene rings is 1. The lowest BCUT2D eigenvalue weighted by atomic mass is 10.0. The molecule has 0 unspecified atom stereocenters. The number of hydrogen-bond donors (Lipinski definition) is 2. The molecule has 1 aromatic carbocycles. The number of hydrazone groups is 1. The summed E-state index contributed by atoms with van der Waals surface area (Å²) in [7, 11) is 0. The molecule has 2 aromatic rings. The SMILES string of the molecule is NC(=S)NN=C(c1ccc(C(F)(F)F)cc1)c1ccccn1. The minimum absolute atomic E-state index is 0.0552. The summed E-state index contributed by atoms with van der Waals surface area (Å²) in [6, 6.07) is 9.73. The Balaban J connectivity index is 2.42. The molecule has 0 saturated carbocycles. The van der Waals surface area contributed by atoms with Crippen LogP contribution in [0.4, 0.5) is 13.2 Å². The van der Waals surface area contributed by atoms with E-state index in [-0.39, 0.29) is 5.11 Å². The van der Waals surface area contributed by atoms with Gasteiger partial charge in [0.15, 0.2) is 5.11 Å². The number of rotatable bonds is 3. The van der Waals surface area contributed by atoms with Crippen molar-refractivity contribution in [3.8, 4) is 0 Å². The molecule has 3 N–H and O–H groups in total. The van der Waals surface area contributed by atoms with Crippen molar-refractivity contribution < 1.29 is 13.2 Å². The van der Waals surface area contributed by atoms with Gasteiger partial charge in [-0.3, -0.25) is 10.4 Å². The molecule has 22 heavy (non-hydrogen) atoms. The van der Waals surface area contributed by atoms with Gasteiger partial charge in [0.05, 0.1) is 11.3 Å². The predicted octanol–water partition coefficient (Wildman–Crippen LogP) is 2.69. The van der Waals surface area contributed by atoms with Crippen LogP contribution in [0.25, 0.3) is 0 Å². The topological polar surface area (TPSA) is 63.3 Å². The Morgan fingerprint density at radius 3 is 2.32 bits per heavy atom. The third-order valence-electron chi connectivity index (χ3n) is 2.67. The maximum Gasteiger partial charge on any atom is 0.416 e. The molecular weight excluding hydrogens is 313 g/mol. The Bertz CT molecular complexity index is 681. The highest BCUT2D eigenvalue weighted by atomic mass is 32.1. The summed E-state index contributed by atoms with van der Waals surface area (Å²) in [6.45, 7) is 0. The van der Waals surface area contributed by atoms with Gasteiger partial charge in [-0.05, 0) is 36.5 Å². The van der Waals surface area contributed by atoms with Gasteiger partial charge in [-0.15, -0.1) is 0 Å². The van der Waals surface area contributed by atoms with Gasteiger partial charge in [0.25, 0.3) is 0 Å². The van der Waals surface area contributed by atoms with Crippen LogP contribution >= 0.6 is 12.2 Å². The number of nitrogens with one attached hydrogen (secondary N) is 1. The third kappa shape index (κ3) is 4.01. The van der Waals surface area contributed by atoms with Gasteiger partial charge in [0, 0.05) is 11.8 Å². The van der Waals surface area contributed by atoms with Crippen LogP contribution in [0, 0.1) is 0 Å². The summed E-state index contributed by atoms with van der Waals surface area (Å²) in [5.74, 6) is 0. The summed E-state index contributed by atoms with van der Waals surface area (Å²) in [5, 5.41) is 3.96. The first kappa shape index (κ1) is 15.9. The van der Waals surface area contributed by atoms with E-state index in [0.717, 1.165) is 12.1 Å². The number of alkyl halides is 3. The van der Waals surface area contributed by atoms with Gasteiger partial charge in [0.1, 0.15) is 5.71 Å². The molecule has 0 aliphatic heterocycles. The third-order valence-corrected chi connectivity index (χ3v) is 2.76. The number of hydrogen-bond acceptors (Lipinski definition) is 3. The van der Waals surface area contributed by atoms with Crippen LogP contribution in [-0.2, 0) is 6.18 Å². The van der Waals surface area contributed by atoms with Crippen molar-refractivity contribution in [2.24, 2.45) is 10.8 Å². The highest BCUT2D eigenvalue weighted by Gasteiger charge is 2.30. The largest absolute Gasteiger partial charge is 0.416 e. The fraction of sp³-hybridized carbons (Fsp3) is 0.0714. The summed E-state index contributed by atoms with van der Waals surface area (Å²) < 4.78 is 37.8. The number of nitrogens with zero attached hydrogens (tertiary/aromatic N) is 2. The van der Waals surface area contributed by atoms with Gasteiger partial charge in [-0.25, -0.2) is 0 Å². The highest BCUT2D eigenvalue weighted by molar-refractivity contribution is 7.80. The molecule has 0 bridgehead atoms. The van der Waals surface area contributed by atoms with Crippen LogP contribution < -0.4 is 11.2 Å². The molecular formula is C14H11F3N4S. The molecule has 1 heterocycles. The van der Waals surface area contributed by atoms with Crippen LogP contribution in [0.2, 0.25) is 0 Å². The monoisotopic (exact) mass is 324 g/mol. The van der Waals surface area contributed by atoms with E-state index >= 15 is 0 Å². The summed E-state index contributed by atoms with van der Waals surface area (Å²) >= 11 is 4.67. The zero-order chi connectivity index (χ0) is 16.2. The van der Waals surface area contributed by atoms with E-state index in [1.54, 1.807) is 24.4 Å². The minimum atomic E-state index is -4.39. The Morgan fingerprint density at radius 1 is 1.14 bits per heavy atom. The first-order valence-electron chi connectivity index (χ1n) is 6.10. The fourth-order valence-electron chi connectivity index (χ4n) is 1.70. The van der Waals surface area contributed by atoms with Crippen LogP contribution in [0.1, 0.15) is 16.8 Å². The van der Waals surface area contributed by atoms with Crippen LogP contribution in [0.15, 0.2) is 53.8 Å². The zero-order valence-electron chi connectivity index (χ0n) is 11.1. The highest BCUT2D eigenvalue weighted by Crippen LogP contribution is 2.29. The lowest BCUT2D eigenvalue weighted by Crippen LogP contribution is -2.26. The number of thiocarbonyl (C=S) groups is 1. The number of halogens is 3. The summed E-state index contributed by atoms with van der Waals surface area (Å²) in [4.78, 5) is 4.13. The fourth-order valence-corrected chi connectivity index (χ4v) is 1.75. The average molecular weight is 324 g/mol. The predicted molar refractivity (Wildman–Crippen MR) is 81.2 cm³/mol. The van der Waals surface area contributed by atoms with Crippen molar-refractivity contribution in [1.82, 2.24) is 10.4 Å². The van der Waals surface area contributed by atoms with Crippen molar-refractivity contribution in [3.05, 3.63) is 65.5 Å². The second kappa shape index (κ2) is 6.52. The molecule has 0 aliphatic rings. The van der Waals surface area contributed by atoms with E-state index in [2.05, 4.69) is 27.7 Å². The molecule has 0 aliphatic carbocycles. The van der Waals surface area contributed by atoms with E-state index in [0.29, 0.717) is 17.0 Å². The molecule has 0 saturated heterocycles. The molecule has 4 nitrogen and oxygen atoms in total. The Hall–Kier alpha value is -2.48. The standard InChI is InChI=1S/C14H11F3N4S/c15-14(16,17)10-6-4-9(5-7-10)12(20-21-13(18)22)11-3-1-2-8-19-11/h1-8H,(H3,18,21,22). The van der Waals surface area contributed by atoms with Crippen molar-refractivity contribution >= 4 is 23.0 Å². The lowest BCUT2D eigenvalue weighted by molar-refractivity contribution is -0.137. The summed E-state index contributed by atoms with van der Waals surface area (Å²) in [5.41, 5.74) is 8.27. The zero-order valence-corrected chi connectivity index (χ0v) is 11.9. The van der Waals surface area contributed by atoms with E-state index < -0.39 is 11.7 Å². The average Bonchev–Trinajstić information content (AvgIpc) is 2.48. The van der Waals surface area contributed by atoms with Crippen molar-refractivity contribution in [1.29, 1.82) is 0 Å². The molecule has 8 heteroatoms. The Morgan fingerprint density at radius 2 is 1.82 bits per heavy atom. The maximum atomic E-state index is 12.6. The number of aromatic nitrogens is 1. The molecule has 114 valence electrons. The molecule has 0 radical (unpaired) electrons. The van der Waals surface area contributed by atoms with Crippen molar-refractivity contribution in [3.63, 3.8) is 0 Å². The maximum absolute atomic E-state index is 12.6. The smallest absolute Gasteiger partial charge is 0.375 e. The molecule has 0 fully saturated rings. The van der Waals surface area contributed by atoms with E-state index in [9.17, 15) is 13.2 Å². The van der Waals surface area contributed by atoms with E-state index in [1.165, 1.54) is 12.1 Å². The van der Waals surface area contributed by atoms with E-state index in [1.807, 2.05) is 0 Å². The van der Waals surface area contributed by atoms with E-state index in [4.69, 9.17) is 5.73 Å². The van der Waals surface area contributed by atoms with Crippen LogP contribution in [-0.4, -0.2) is 15.8 Å². The first-order chi connectivity index (χ1) is 10.4. The molecule has 0 amide bonds. The second-order valence-corrected chi connectivity index (χ2v) is 4.67. The molecule has 2 rings (SSSR count). The van der Waals surface area contributed by atoms with Crippen LogP contribution in [0.3, 0.4) is 0 Å². The quantitative estimate of drug-likeness (QED) is 0.518. The molecule has 0 atom stereocenters.